The molecule has 0 bridgehead atoms. The molecular weight excluding hydrogens is 252 g/mol. The van der Waals surface area contributed by atoms with E-state index in [4.69, 9.17) is 16.7 Å². The maximum Gasteiger partial charge on any atom is 0.322 e. The monoisotopic (exact) mass is 258 g/mol. The van der Waals surface area contributed by atoms with Crippen molar-refractivity contribution in [2.45, 2.75) is 0 Å². The maximum atomic E-state index is 11.5. The Morgan fingerprint density at radius 2 is 2.12 bits per heavy atom. The van der Waals surface area contributed by atoms with Crippen LogP contribution in [0.25, 0.3) is 0 Å². The number of hydrogen-bond donors (Lipinski definition) is 2. The SMILES string of the molecule is O=C(O)CNC(=O)c1ccc(Cl)cc1[N+](=O)[O-]. The van der Waals surface area contributed by atoms with Crippen LogP contribution in [0.2, 0.25) is 5.02 Å². The average Bonchev–Trinajstić information content (AvgIpc) is 2.25. The predicted octanol–water partition coefficient (Wildman–Crippen LogP) is 1.06. The molecular formula is C9H7ClN2O5. The topological polar surface area (TPSA) is 110 Å². The van der Waals surface area contributed by atoms with Crippen LogP contribution in [0.3, 0.4) is 0 Å². The van der Waals surface area contributed by atoms with Gasteiger partial charge in [0.25, 0.3) is 11.6 Å². The summed E-state index contributed by atoms with van der Waals surface area (Å²) in [7, 11) is 0. The molecule has 0 atom stereocenters. The smallest absolute Gasteiger partial charge is 0.322 e. The standard InChI is InChI=1S/C9H7ClN2O5/c10-5-1-2-6(7(3-5)12(16)17)9(15)11-4-8(13)14/h1-3H,4H2,(H,11,15)(H,13,14). The fourth-order valence-corrected chi connectivity index (χ4v) is 1.27. The molecule has 0 spiro atoms. The Hall–Kier alpha value is -2.15. The molecule has 8 heteroatoms. The zero-order chi connectivity index (χ0) is 13.0. The molecule has 0 aliphatic carbocycles. The van der Waals surface area contributed by atoms with Crippen LogP contribution in [-0.4, -0.2) is 28.5 Å². The van der Waals surface area contributed by atoms with Crippen molar-refractivity contribution in [1.82, 2.24) is 5.32 Å². The van der Waals surface area contributed by atoms with Crippen molar-refractivity contribution in [1.29, 1.82) is 0 Å². The zero-order valence-electron chi connectivity index (χ0n) is 8.34. The minimum absolute atomic E-state index is 0.117. The Balaban J connectivity index is 3.00. The van der Waals surface area contributed by atoms with Gasteiger partial charge in [-0.1, -0.05) is 11.6 Å². The quantitative estimate of drug-likeness (QED) is 0.620. The van der Waals surface area contributed by atoms with Gasteiger partial charge in [-0.2, -0.15) is 0 Å². The second-order valence-corrected chi connectivity index (χ2v) is 3.43. The van der Waals surface area contributed by atoms with E-state index >= 15 is 0 Å². The Labute approximate surface area is 100 Å². The summed E-state index contributed by atoms with van der Waals surface area (Å²) < 4.78 is 0. The molecule has 90 valence electrons. The molecule has 0 saturated carbocycles. The molecule has 1 amide bonds. The summed E-state index contributed by atoms with van der Waals surface area (Å²) >= 11 is 5.56. The third kappa shape index (κ3) is 3.42. The molecule has 0 saturated heterocycles. The van der Waals surface area contributed by atoms with Gasteiger partial charge in [0.2, 0.25) is 0 Å². The van der Waals surface area contributed by atoms with Crippen molar-refractivity contribution in [2.24, 2.45) is 0 Å². The third-order valence-corrected chi connectivity index (χ3v) is 2.04. The van der Waals surface area contributed by atoms with Gasteiger partial charge < -0.3 is 10.4 Å². The average molecular weight is 259 g/mol. The number of hydrogen-bond acceptors (Lipinski definition) is 4. The van der Waals surface area contributed by atoms with Gasteiger partial charge in [-0.05, 0) is 12.1 Å². The molecule has 2 N–H and O–H groups in total. The predicted molar refractivity (Wildman–Crippen MR) is 58.1 cm³/mol. The van der Waals surface area contributed by atoms with Crippen molar-refractivity contribution in [2.75, 3.05) is 6.54 Å². The van der Waals surface area contributed by atoms with Crippen LogP contribution in [0.5, 0.6) is 0 Å². The van der Waals surface area contributed by atoms with Crippen LogP contribution in [-0.2, 0) is 4.79 Å². The molecule has 0 heterocycles. The van der Waals surface area contributed by atoms with Gasteiger partial charge in [0, 0.05) is 11.1 Å². The number of amides is 1. The Morgan fingerprint density at radius 3 is 2.65 bits per heavy atom. The van der Waals surface area contributed by atoms with E-state index in [2.05, 4.69) is 0 Å². The second kappa shape index (κ2) is 5.26. The van der Waals surface area contributed by atoms with Gasteiger partial charge in [-0.3, -0.25) is 19.7 Å². The number of nitrogens with zero attached hydrogens (tertiary/aromatic N) is 1. The first-order valence-corrected chi connectivity index (χ1v) is 4.73. The van der Waals surface area contributed by atoms with E-state index in [1.165, 1.54) is 6.07 Å². The first kappa shape index (κ1) is 12.9. The van der Waals surface area contributed by atoms with E-state index in [0.717, 1.165) is 12.1 Å². The number of rotatable bonds is 4. The molecule has 17 heavy (non-hydrogen) atoms. The lowest BCUT2D eigenvalue weighted by Gasteiger charge is -2.03. The molecule has 0 aliphatic rings. The van der Waals surface area contributed by atoms with Crippen LogP contribution in [0.15, 0.2) is 18.2 Å². The Morgan fingerprint density at radius 1 is 1.47 bits per heavy atom. The minimum atomic E-state index is -1.24. The summed E-state index contributed by atoms with van der Waals surface area (Å²) in [6, 6.07) is 3.50. The molecule has 0 fully saturated rings. The highest BCUT2D eigenvalue weighted by Crippen LogP contribution is 2.22. The number of benzene rings is 1. The van der Waals surface area contributed by atoms with Crippen LogP contribution in [0, 0.1) is 10.1 Å². The van der Waals surface area contributed by atoms with E-state index in [1.54, 1.807) is 0 Å². The number of halogens is 1. The highest BCUT2D eigenvalue weighted by molar-refractivity contribution is 6.31. The summed E-state index contributed by atoms with van der Waals surface area (Å²) in [5, 5.41) is 21.2. The zero-order valence-corrected chi connectivity index (χ0v) is 9.10. The highest BCUT2D eigenvalue weighted by atomic mass is 35.5. The van der Waals surface area contributed by atoms with Crippen molar-refractivity contribution >= 4 is 29.2 Å². The van der Waals surface area contributed by atoms with Gasteiger partial charge in [-0.25, -0.2) is 0 Å². The molecule has 1 aromatic rings. The van der Waals surface area contributed by atoms with Crippen LogP contribution >= 0.6 is 11.6 Å². The largest absolute Gasteiger partial charge is 0.480 e. The lowest BCUT2D eigenvalue weighted by molar-refractivity contribution is -0.385. The first-order valence-electron chi connectivity index (χ1n) is 4.35. The van der Waals surface area contributed by atoms with Crippen LogP contribution < -0.4 is 5.32 Å². The van der Waals surface area contributed by atoms with Gasteiger partial charge in [0.15, 0.2) is 0 Å². The van der Waals surface area contributed by atoms with Crippen molar-refractivity contribution in [3.05, 3.63) is 38.9 Å². The molecule has 0 aromatic heterocycles. The number of carboxylic acid groups (broad SMARTS) is 1. The summed E-state index contributed by atoms with van der Waals surface area (Å²) in [4.78, 5) is 31.6. The van der Waals surface area contributed by atoms with Gasteiger partial charge in [0.1, 0.15) is 12.1 Å². The number of nitro benzene ring substituents is 1. The number of carbonyl (C=O) groups excluding carboxylic acids is 1. The van der Waals surface area contributed by atoms with E-state index in [9.17, 15) is 19.7 Å². The lowest BCUT2D eigenvalue weighted by Crippen LogP contribution is -2.29. The first-order chi connectivity index (χ1) is 7.91. The Kier molecular flexibility index (Phi) is 4.00. The van der Waals surface area contributed by atoms with Gasteiger partial charge in [-0.15, -0.1) is 0 Å². The number of nitrogens with one attached hydrogen (secondary N) is 1. The number of nitro groups is 1. The fourth-order valence-electron chi connectivity index (χ4n) is 1.10. The molecule has 1 aromatic carbocycles. The van der Waals surface area contributed by atoms with Crippen molar-refractivity contribution < 1.29 is 19.6 Å². The molecule has 1 rings (SSSR count). The second-order valence-electron chi connectivity index (χ2n) is 2.99. The maximum absolute atomic E-state index is 11.5. The molecule has 0 aliphatic heterocycles. The minimum Gasteiger partial charge on any atom is -0.480 e. The molecule has 0 unspecified atom stereocenters. The van der Waals surface area contributed by atoms with Gasteiger partial charge in [0.05, 0.1) is 4.92 Å². The van der Waals surface area contributed by atoms with E-state index in [-0.39, 0.29) is 10.6 Å². The summed E-state index contributed by atoms with van der Waals surface area (Å²) in [5.41, 5.74) is -0.707. The lowest BCUT2D eigenvalue weighted by atomic mass is 10.1. The van der Waals surface area contributed by atoms with Gasteiger partial charge >= 0.3 is 5.97 Å². The van der Waals surface area contributed by atoms with E-state index in [1.807, 2.05) is 5.32 Å². The molecule has 7 nitrogen and oxygen atoms in total. The van der Waals surface area contributed by atoms with E-state index < -0.39 is 29.0 Å². The van der Waals surface area contributed by atoms with Crippen molar-refractivity contribution in [3.63, 3.8) is 0 Å². The van der Waals surface area contributed by atoms with Crippen molar-refractivity contribution in [3.8, 4) is 0 Å². The number of aliphatic carboxylic acids is 1. The number of carbonyl (C=O) groups is 2. The van der Waals surface area contributed by atoms with Crippen LogP contribution in [0.4, 0.5) is 5.69 Å². The molecule has 0 radical (unpaired) electrons. The van der Waals surface area contributed by atoms with E-state index in [0.29, 0.717) is 0 Å². The summed E-state index contributed by atoms with van der Waals surface area (Å²) in [6.07, 6.45) is 0. The summed E-state index contributed by atoms with van der Waals surface area (Å²) in [5.74, 6) is -2.08. The third-order valence-electron chi connectivity index (χ3n) is 1.80. The van der Waals surface area contributed by atoms with Crippen LogP contribution in [0.1, 0.15) is 10.4 Å². The number of carboxylic acids is 1. The fraction of sp³-hybridized carbons (Fsp3) is 0.111. The summed E-state index contributed by atoms with van der Waals surface area (Å²) in [6.45, 7) is -0.612. The Bertz CT molecular complexity index is 488. The highest BCUT2D eigenvalue weighted by Gasteiger charge is 2.20. The normalized spacial score (nSPS) is 9.71.